The SMILES string of the molecule is N#Cc1cc(N=C=S)ccc1-n1cccn1. The van der Waals surface area contributed by atoms with Crippen LogP contribution in [0.1, 0.15) is 5.56 Å². The molecule has 0 fully saturated rings. The predicted molar refractivity (Wildman–Crippen MR) is 63.0 cm³/mol. The Hall–Kier alpha value is -2.28. The van der Waals surface area contributed by atoms with Gasteiger partial charge in [0.2, 0.25) is 0 Å². The zero-order valence-corrected chi connectivity index (χ0v) is 8.98. The van der Waals surface area contributed by atoms with Crippen molar-refractivity contribution < 1.29 is 0 Å². The van der Waals surface area contributed by atoms with E-state index in [1.54, 1.807) is 41.3 Å². The lowest BCUT2D eigenvalue weighted by molar-refractivity contribution is 0.877. The molecular formula is C11H6N4S. The summed E-state index contributed by atoms with van der Waals surface area (Å²) in [5, 5.41) is 15.4. The number of aromatic nitrogens is 2. The average Bonchev–Trinajstić information content (AvgIpc) is 2.83. The molecular weight excluding hydrogens is 220 g/mol. The first-order valence-corrected chi connectivity index (χ1v) is 4.88. The standard InChI is InChI=1S/C11H6N4S/c12-7-9-6-10(13-8-16)2-3-11(9)15-5-1-4-14-15/h1-6H. The summed E-state index contributed by atoms with van der Waals surface area (Å²) in [6.45, 7) is 0. The van der Waals surface area contributed by atoms with Crippen LogP contribution in [0, 0.1) is 11.3 Å². The van der Waals surface area contributed by atoms with E-state index in [4.69, 9.17) is 5.26 Å². The second-order valence-electron chi connectivity index (χ2n) is 2.97. The van der Waals surface area contributed by atoms with Crippen LogP contribution in [0.3, 0.4) is 0 Å². The molecule has 0 atom stereocenters. The van der Waals surface area contributed by atoms with Gasteiger partial charge >= 0.3 is 0 Å². The maximum atomic E-state index is 9.03. The highest BCUT2D eigenvalue weighted by Gasteiger charge is 2.05. The van der Waals surface area contributed by atoms with E-state index in [0.29, 0.717) is 11.3 Å². The van der Waals surface area contributed by atoms with Gasteiger partial charge in [-0.3, -0.25) is 0 Å². The van der Waals surface area contributed by atoms with Crippen molar-refractivity contribution in [3.63, 3.8) is 0 Å². The van der Waals surface area contributed by atoms with Crippen molar-refractivity contribution in [2.24, 2.45) is 4.99 Å². The zero-order chi connectivity index (χ0) is 11.4. The van der Waals surface area contributed by atoms with E-state index in [2.05, 4.69) is 33.5 Å². The summed E-state index contributed by atoms with van der Waals surface area (Å²) in [7, 11) is 0. The number of hydrogen-bond donors (Lipinski definition) is 0. The minimum atomic E-state index is 0.496. The molecule has 0 saturated carbocycles. The van der Waals surface area contributed by atoms with Crippen molar-refractivity contribution in [2.75, 3.05) is 0 Å². The molecule has 0 amide bonds. The van der Waals surface area contributed by atoms with E-state index >= 15 is 0 Å². The van der Waals surface area contributed by atoms with Crippen LogP contribution in [0.4, 0.5) is 5.69 Å². The maximum absolute atomic E-state index is 9.03. The molecule has 0 aliphatic heterocycles. The molecule has 16 heavy (non-hydrogen) atoms. The number of thiocarbonyl (C=S) groups is 1. The summed E-state index contributed by atoms with van der Waals surface area (Å²) in [5.74, 6) is 0. The molecule has 0 N–H and O–H groups in total. The highest BCUT2D eigenvalue weighted by atomic mass is 32.1. The molecule has 2 aromatic rings. The summed E-state index contributed by atoms with van der Waals surface area (Å²) in [6, 6.07) is 9.08. The lowest BCUT2D eigenvalue weighted by Gasteiger charge is -2.03. The van der Waals surface area contributed by atoms with Crippen LogP contribution in [0.2, 0.25) is 0 Å². The van der Waals surface area contributed by atoms with Gasteiger partial charge < -0.3 is 0 Å². The Bertz CT molecular complexity index is 589. The van der Waals surface area contributed by atoms with Crippen LogP contribution in [0.15, 0.2) is 41.7 Å². The molecule has 0 bridgehead atoms. The number of nitriles is 1. The predicted octanol–water partition coefficient (Wildman–Crippen LogP) is 2.48. The molecule has 0 aliphatic rings. The lowest BCUT2D eigenvalue weighted by atomic mass is 10.2. The van der Waals surface area contributed by atoms with Gasteiger partial charge in [-0.25, -0.2) is 4.68 Å². The number of nitrogens with zero attached hydrogens (tertiary/aromatic N) is 4. The Balaban J connectivity index is 2.57. The monoisotopic (exact) mass is 226 g/mol. The second kappa shape index (κ2) is 4.49. The summed E-state index contributed by atoms with van der Waals surface area (Å²) in [4.78, 5) is 3.82. The summed E-state index contributed by atoms with van der Waals surface area (Å²) in [5.41, 5.74) is 1.83. The molecule has 5 heteroatoms. The first kappa shape index (κ1) is 10.2. The molecule has 0 radical (unpaired) electrons. The van der Waals surface area contributed by atoms with Gasteiger partial charge in [0.25, 0.3) is 0 Å². The van der Waals surface area contributed by atoms with Crippen LogP contribution in [-0.2, 0) is 0 Å². The fourth-order valence-electron chi connectivity index (χ4n) is 1.35. The van der Waals surface area contributed by atoms with Crippen molar-refractivity contribution in [1.82, 2.24) is 9.78 Å². The Morgan fingerprint density at radius 3 is 2.94 bits per heavy atom. The van der Waals surface area contributed by atoms with Gasteiger partial charge in [-0.05, 0) is 36.5 Å². The third-order valence-corrected chi connectivity index (χ3v) is 2.12. The van der Waals surface area contributed by atoms with Crippen molar-refractivity contribution in [3.8, 4) is 11.8 Å². The van der Waals surface area contributed by atoms with E-state index in [1.165, 1.54) is 0 Å². The largest absolute Gasteiger partial charge is 0.240 e. The maximum Gasteiger partial charge on any atom is 0.101 e. The number of aliphatic imine (C=N–C) groups is 1. The second-order valence-corrected chi connectivity index (χ2v) is 3.15. The van der Waals surface area contributed by atoms with Crippen molar-refractivity contribution in [2.45, 2.75) is 0 Å². The quantitative estimate of drug-likeness (QED) is 0.584. The normalized spacial score (nSPS) is 9.19. The van der Waals surface area contributed by atoms with E-state index < -0.39 is 0 Å². The van der Waals surface area contributed by atoms with Gasteiger partial charge in [0.05, 0.1) is 22.1 Å². The summed E-state index contributed by atoms with van der Waals surface area (Å²) in [6.07, 6.45) is 3.43. The zero-order valence-electron chi connectivity index (χ0n) is 8.16. The fraction of sp³-hybridized carbons (Fsp3) is 0. The van der Waals surface area contributed by atoms with Crippen LogP contribution in [0.25, 0.3) is 5.69 Å². The van der Waals surface area contributed by atoms with E-state index in [9.17, 15) is 0 Å². The third kappa shape index (κ3) is 1.89. The minimum Gasteiger partial charge on any atom is -0.240 e. The molecule has 0 aliphatic carbocycles. The number of benzene rings is 1. The van der Waals surface area contributed by atoms with Crippen LogP contribution in [-0.4, -0.2) is 14.9 Å². The van der Waals surface area contributed by atoms with Gasteiger partial charge in [0, 0.05) is 12.4 Å². The molecule has 1 aromatic heterocycles. The Labute approximate surface area is 97.5 Å². The van der Waals surface area contributed by atoms with Crippen molar-refractivity contribution >= 4 is 23.1 Å². The molecule has 2 rings (SSSR count). The Morgan fingerprint density at radius 2 is 2.31 bits per heavy atom. The fourth-order valence-corrected chi connectivity index (χ4v) is 1.45. The van der Waals surface area contributed by atoms with Crippen LogP contribution >= 0.6 is 12.2 Å². The molecule has 1 aromatic carbocycles. The highest BCUT2D eigenvalue weighted by Crippen LogP contribution is 2.20. The molecule has 0 unspecified atom stereocenters. The van der Waals surface area contributed by atoms with Crippen LogP contribution in [0.5, 0.6) is 0 Å². The minimum absolute atomic E-state index is 0.496. The first-order valence-electron chi connectivity index (χ1n) is 4.47. The summed E-state index contributed by atoms with van der Waals surface area (Å²) < 4.78 is 1.63. The number of hydrogen-bond acceptors (Lipinski definition) is 4. The number of isothiocyanates is 1. The first-order chi connectivity index (χ1) is 7.85. The molecule has 0 saturated heterocycles. The van der Waals surface area contributed by atoms with Crippen LogP contribution < -0.4 is 0 Å². The van der Waals surface area contributed by atoms with E-state index in [0.717, 1.165) is 5.69 Å². The van der Waals surface area contributed by atoms with Crippen molar-refractivity contribution in [1.29, 1.82) is 5.26 Å². The Morgan fingerprint density at radius 1 is 1.44 bits per heavy atom. The van der Waals surface area contributed by atoms with E-state index in [-0.39, 0.29) is 0 Å². The highest BCUT2D eigenvalue weighted by molar-refractivity contribution is 7.78. The van der Waals surface area contributed by atoms with E-state index in [1.807, 2.05) is 0 Å². The summed E-state index contributed by atoms with van der Waals surface area (Å²) >= 11 is 4.51. The third-order valence-electron chi connectivity index (χ3n) is 2.03. The molecule has 0 spiro atoms. The average molecular weight is 226 g/mol. The van der Waals surface area contributed by atoms with Crippen molar-refractivity contribution in [3.05, 3.63) is 42.2 Å². The molecule has 76 valence electrons. The molecule has 1 heterocycles. The topological polar surface area (TPSA) is 54.0 Å². The van der Waals surface area contributed by atoms with Gasteiger partial charge in [0.1, 0.15) is 6.07 Å². The smallest absolute Gasteiger partial charge is 0.101 e. The van der Waals surface area contributed by atoms with Gasteiger partial charge in [-0.15, -0.1) is 0 Å². The lowest BCUT2D eigenvalue weighted by Crippen LogP contribution is -1.97. The van der Waals surface area contributed by atoms with Gasteiger partial charge in [0.15, 0.2) is 0 Å². The van der Waals surface area contributed by atoms with Gasteiger partial charge in [-0.2, -0.15) is 15.4 Å². The van der Waals surface area contributed by atoms with Gasteiger partial charge in [-0.1, -0.05) is 0 Å². The number of rotatable bonds is 2. The molecule has 4 nitrogen and oxygen atoms in total. The Kier molecular flexibility index (Phi) is 2.88.